The summed E-state index contributed by atoms with van der Waals surface area (Å²) in [4.78, 5) is 8.61. The molecule has 0 aliphatic heterocycles. The third kappa shape index (κ3) is 3.62. The molecule has 0 saturated carbocycles. The first kappa shape index (κ1) is 16.1. The summed E-state index contributed by atoms with van der Waals surface area (Å²) in [5, 5.41) is 24.8. The SMILES string of the molecule is Cc1ccccc1/C(=N/O)c1ccnc(Nc2ccc(C#N)cc2)n1. The zero-order valence-electron chi connectivity index (χ0n) is 13.5. The van der Waals surface area contributed by atoms with E-state index in [9.17, 15) is 5.21 Å². The molecule has 0 bridgehead atoms. The van der Waals surface area contributed by atoms with Gasteiger partial charge in [0.15, 0.2) is 0 Å². The van der Waals surface area contributed by atoms with E-state index in [2.05, 4.69) is 26.5 Å². The lowest BCUT2D eigenvalue weighted by Crippen LogP contribution is -2.09. The monoisotopic (exact) mass is 329 g/mol. The van der Waals surface area contributed by atoms with E-state index in [1.165, 1.54) is 0 Å². The van der Waals surface area contributed by atoms with Crippen molar-refractivity contribution in [2.45, 2.75) is 6.92 Å². The molecule has 122 valence electrons. The molecule has 0 saturated heterocycles. The van der Waals surface area contributed by atoms with Gasteiger partial charge < -0.3 is 10.5 Å². The van der Waals surface area contributed by atoms with Gasteiger partial charge in [0.05, 0.1) is 17.3 Å². The molecule has 0 fully saturated rings. The molecular weight excluding hydrogens is 314 g/mol. The predicted octanol–water partition coefficient (Wildman–Crippen LogP) is 3.63. The molecule has 0 aliphatic carbocycles. The molecule has 2 N–H and O–H groups in total. The Labute approximate surface area is 145 Å². The van der Waals surface area contributed by atoms with E-state index in [0.717, 1.165) is 16.8 Å². The summed E-state index contributed by atoms with van der Waals surface area (Å²) in [6.07, 6.45) is 1.60. The fraction of sp³-hybridized carbons (Fsp3) is 0.0526. The minimum Gasteiger partial charge on any atom is -0.410 e. The third-order valence-corrected chi connectivity index (χ3v) is 3.67. The van der Waals surface area contributed by atoms with Gasteiger partial charge in [0.25, 0.3) is 0 Å². The van der Waals surface area contributed by atoms with E-state index in [1.54, 1.807) is 36.5 Å². The zero-order valence-corrected chi connectivity index (χ0v) is 13.5. The van der Waals surface area contributed by atoms with Crippen molar-refractivity contribution in [1.29, 1.82) is 5.26 Å². The highest BCUT2D eigenvalue weighted by Crippen LogP contribution is 2.17. The van der Waals surface area contributed by atoms with Gasteiger partial charge in [0.2, 0.25) is 5.95 Å². The van der Waals surface area contributed by atoms with Crippen LogP contribution in [0, 0.1) is 18.3 Å². The van der Waals surface area contributed by atoms with Crippen LogP contribution in [0.1, 0.15) is 22.4 Å². The first-order chi connectivity index (χ1) is 12.2. The van der Waals surface area contributed by atoms with Crippen molar-refractivity contribution in [2.24, 2.45) is 5.16 Å². The van der Waals surface area contributed by atoms with Crippen molar-refractivity contribution in [3.05, 3.63) is 83.2 Å². The number of aromatic nitrogens is 2. The number of nitrogens with one attached hydrogen (secondary N) is 1. The largest absolute Gasteiger partial charge is 0.410 e. The number of aryl methyl sites for hydroxylation is 1. The second kappa shape index (κ2) is 7.23. The Hall–Kier alpha value is -3.72. The molecule has 6 nitrogen and oxygen atoms in total. The van der Waals surface area contributed by atoms with Crippen molar-refractivity contribution in [1.82, 2.24) is 9.97 Å². The summed E-state index contributed by atoms with van der Waals surface area (Å²) in [5.41, 5.74) is 4.00. The molecule has 6 heteroatoms. The van der Waals surface area contributed by atoms with Crippen molar-refractivity contribution in [3.8, 4) is 6.07 Å². The van der Waals surface area contributed by atoms with Gasteiger partial charge in [-0.05, 0) is 42.8 Å². The van der Waals surface area contributed by atoms with E-state index in [-0.39, 0.29) is 0 Å². The second-order valence-corrected chi connectivity index (χ2v) is 5.34. The van der Waals surface area contributed by atoms with E-state index in [1.807, 2.05) is 31.2 Å². The molecule has 2 aromatic carbocycles. The minimum absolute atomic E-state index is 0.372. The lowest BCUT2D eigenvalue weighted by atomic mass is 10.0. The summed E-state index contributed by atoms with van der Waals surface area (Å²) in [5.74, 6) is 0.372. The van der Waals surface area contributed by atoms with Crippen LogP contribution in [0.25, 0.3) is 0 Å². The molecule has 3 rings (SSSR count). The smallest absolute Gasteiger partial charge is 0.227 e. The zero-order chi connectivity index (χ0) is 17.6. The van der Waals surface area contributed by atoms with Crippen LogP contribution in [0.3, 0.4) is 0 Å². The van der Waals surface area contributed by atoms with Crippen molar-refractivity contribution >= 4 is 17.3 Å². The minimum atomic E-state index is 0.372. The van der Waals surface area contributed by atoms with E-state index >= 15 is 0 Å². The van der Waals surface area contributed by atoms with Gasteiger partial charge in [-0.2, -0.15) is 5.26 Å². The van der Waals surface area contributed by atoms with E-state index < -0.39 is 0 Å². The van der Waals surface area contributed by atoms with Crippen LogP contribution in [0.15, 0.2) is 65.9 Å². The van der Waals surface area contributed by atoms with Crippen LogP contribution in [0.2, 0.25) is 0 Å². The molecule has 0 atom stereocenters. The van der Waals surface area contributed by atoms with Crippen LogP contribution < -0.4 is 5.32 Å². The number of benzene rings is 2. The van der Waals surface area contributed by atoms with Crippen LogP contribution in [0.5, 0.6) is 0 Å². The average Bonchev–Trinajstić information content (AvgIpc) is 2.65. The maximum Gasteiger partial charge on any atom is 0.227 e. The normalized spacial score (nSPS) is 11.0. The summed E-state index contributed by atoms with van der Waals surface area (Å²) < 4.78 is 0. The number of hydrogen-bond donors (Lipinski definition) is 2. The van der Waals surface area contributed by atoms with Gasteiger partial charge in [0, 0.05) is 17.4 Å². The number of rotatable bonds is 4. The Morgan fingerprint density at radius 3 is 2.56 bits per heavy atom. The van der Waals surface area contributed by atoms with Gasteiger partial charge in [-0.25, -0.2) is 9.97 Å². The summed E-state index contributed by atoms with van der Waals surface area (Å²) >= 11 is 0. The molecule has 0 spiro atoms. The Morgan fingerprint density at radius 2 is 1.88 bits per heavy atom. The van der Waals surface area contributed by atoms with Gasteiger partial charge in [-0.1, -0.05) is 29.4 Å². The van der Waals surface area contributed by atoms with Gasteiger partial charge >= 0.3 is 0 Å². The number of nitriles is 1. The molecule has 0 aliphatic rings. The van der Waals surface area contributed by atoms with Gasteiger partial charge in [-0.15, -0.1) is 0 Å². The Morgan fingerprint density at radius 1 is 1.12 bits per heavy atom. The van der Waals surface area contributed by atoms with Gasteiger partial charge in [-0.3, -0.25) is 0 Å². The first-order valence-corrected chi connectivity index (χ1v) is 7.60. The number of anilines is 2. The fourth-order valence-corrected chi connectivity index (χ4v) is 2.39. The molecule has 1 heterocycles. The van der Waals surface area contributed by atoms with Crippen LogP contribution >= 0.6 is 0 Å². The lowest BCUT2D eigenvalue weighted by molar-refractivity contribution is 0.319. The topological polar surface area (TPSA) is 94.2 Å². The van der Waals surface area contributed by atoms with E-state index in [4.69, 9.17) is 5.26 Å². The Bertz CT molecular complexity index is 958. The lowest BCUT2D eigenvalue weighted by Gasteiger charge is -2.09. The first-order valence-electron chi connectivity index (χ1n) is 7.60. The summed E-state index contributed by atoms with van der Waals surface area (Å²) in [6, 6.07) is 18.3. The quantitative estimate of drug-likeness (QED) is 0.433. The summed E-state index contributed by atoms with van der Waals surface area (Å²) in [6.45, 7) is 1.94. The standard InChI is InChI=1S/C19H15N5O/c1-13-4-2-3-5-16(13)18(24-25)17-10-11-21-19(23-17)22-15-8-6-14(12-20)7-9-15/h2-11,25H,1H3,(H,21,22,23)/b24-18-. The highest BCUT2D eigenvalue weighted by molar-refractivity contribution is 6.12. The highest BCUT2D eigenvalue weighted by Gasteiger charge is 2.12. The Balaban J connectivity index is 1.90. The van der Waals surface area contributed by atoms with Crippen molar-refractivity contribution in [2.75, 3.05) is 5.32 Å². The molecule has 3 aromatic rings. The fourth-order valence-electron chi connectivity index (χ4n) is 2.39. The Kier molecular flexibility index (Phi) is 4.67. The van der Waals surface area contributed by atoms with Crippen LogP contribution in [-0.4, -0.2) is 20.9 Å². The number of oxime groups is 1. The number of hydrogen-bond acceptors (Lipinski definition) is 6. The average molecular weight is 329 g/mol. The maximum absolute atomic E-state index is 9.47. The maximum atomic E-state index is 9.47. The third-order valence-electron chi connectivity index (χ3n) is 3.67. The molecule has 0 radical (unpaired) electrons. The molecule has 0 unspecified atom stereocenters. The molecular formula is C19H15N5O. The van der Waals surface area contributed by atoms with E-state index in [0.29, 0.717) is 22.9 Å². The molecule has 0 amide bonds. The highest BCUT2D eigenvalue weighted by atomic mass is 16.4. The van der Waals surface area contributed by atoms with Crippen LogP contribution in [0.4, 0.5) is 11.6 Å². The van der Waals surface area contributed by atoms with Crippen molar-refractivity contribution in [3.63, 3.8) is 0 Å². The van der Waals surface area contributed by atoms with Crippen molar-refractivity contribution < 1.29 is 5.21 Å². The molecule has 1 aromatic heterocycles. The van der Waals surface area contributed by atoms with Gasteiger partial charge in [0.1, 0.15) is 5.71 Å². The predicted molar refractivity (Wildman–Crippen MR) is 95.1 cm³/mol. The second-order valence-electron chi connectivity index (χ2n) is 5.34. The summed E-state index contributed by atoms with van der Waals surface area (Å²) in [7, 11) is 0. The molecule has 25 heavy (non-hydrogen) atoms. The number of nitrogens with zero attached hydrogens (tertiary/aromatic N) is 4. The van der Waals surface area contributed by atoms with Crippen LogP contribution in [-0.2, 0) is 0 Å².